The molecule has 0 aliphatic heterocycles. The van der Waals surface area contributed by atoms with Crippen LogP contribution in [0, 0.1) is 11.8 Å². The van der Waals surface area contributed by atoms with Gasteiger partial charge in [0.05, 0.1) is 6.10 Å². The molecule has 2 unspecified atom stereocenters. The number of aliphatic hydroxyl groups excluding tert-OH is 1. The van der Waals surface area contributed by atoms with E-state index in [4.69, 9.17) is 0 Å². The van der Waals surface area contributed by atoms with Gasteiger partial charge in [-0.3, -0.25) is 0 Å². The summed E-state index contributed by atoms with van der Waals surface area (Å²) in [5, 5.41) is 9.29. The second-order valence-electron chi connectivity index (χ2n) is 3.80. The maximum Gasteiger partial charge on any atom is 0.0546 e. The Bertz CT molecular complexity index is 146. The summed E-state index contributed by atoms with van der Waals surface area (Å²) in [6.07, 6.45) is 4.43. The molecule has 0 aromatic heterocycles. The van der Waals surface area contributed by atoms with Gasteiger partial charge in [0, 0.05) is 0 Å². The monoisotopic (exact) mass is 138 g/mol. The first-order chi connectivity index (χ1) is 4.75. The first kappa shape index (κ1) is 6.41. The van der Waals surface area contributed by atoms with Gasteiger partial charge >= 0.3 is 0 Å². The minimum Gasteiger partial charge on any atom is -0.393 e. The van der Waals surface area contributed by atoms with Gasteiger partial charge < -0.3 is 5.11 Å². The Morgan fingerprint density at radius 2 is 1.70 bits per heavy atom. The van der Waals surface area contributed by atoms with Crippen LogP contribution in [0.1, 0.15) is 25.7 Å². The molecule has 0 heterocycles. The molecule has 0 aromatic carbocycles. The van der Waals surface area contributed by atoms with Crippen molar-refractivity contribution < 1.29 is 5.11 Å². The second-order valence-corrected chi connectivity index (χ2v) is 3.80. The standard InChI is InChI=1S/C9H14O/c1-6-2-7-4-9(10)5-8(7)3-6/h7-10H,1-5H2. The van der Waals surface area contributed by atoms with E-state index in [1.165, 1.54) is 18.4 Å². The number of rotatable bonds is 0. The molecule has 0 bridgehead atoms. The van der Waals surface area contributed by atoms with Gasteiger partial charge in [-0.1, -0.05) is 12.2 Å². The van der Waals surface area contributed by atoms with Gasteiger partial charge in [0.2, 0.25) is 0 Å². The van der Waals surface area contributed by atoms with Crippen LogP contribution in [0.3, 0.4) is 0 Å². The normalized spacial score (nSPS) is 46.1. The molecule has 1 N–H and O–H groups in total. The lowest BCUT2D eigenvalue weighted by Gasteiger charge is -2.03. The van der Waals surface area contributed by atoms with E-state index in [0.717, 1.165) is 24.7 Å². The molecule has 1 nitrogen and oxygen atoms in total. The number of hydrogen-bond donors (Lipinski definition) is 1. The predicted molar refractivity (Wildman–Crippen MR) is 40.6 cm³/mol. The fourth-order valence-corrected chi connectivity index (χ4v) is 2.50. The molecule has 0 spiro atoms. The van der Waals surface area contributed by atoms with Crippen LogP contribution in [0.25, 0.3) is 0 Å². The van der Waals surface area contributed by atoms with Crippen molar-refractivity contribution in [2.24, 2.45) is 11.8 Å². The molecule has 0 aromatic rings. The second kappa shape index (κ2) is 2.09. The van der Waals surface area contributed by atoms with Crippen LogP contribution in [0.15, 0.2) is 12.2 Å². The van der Waals surface area contributed by atoms with Crippen molar-refractivity contribution in [1.82, 2.24) is 0 Å². The highest BCUT2D eigenvalue weighted by Crippen LogP contribution is 2.45. The summed E-state index contributed by atoms with van der Waals surface area (Å²) in [5.41, 5.74) is 1.40. The minimum absolute atomic E-state index is 0.00287. The van der Waals surface area contributed by atoms with E-state index in [1.54, 1.807) is 0 Å². The highest BCUT2D eigenvalue weighted by Gasteiger charge is 2.37. The SMILES string of the molecule is C=C1CC2CC(O)CC2C1. The molecule has 2 atom stereocenters. The van der Waals surface area contributed by atoms with Gasteiger partial charge in [-0.05, 0) is 37.5 Å². The predicted octanol–water partition coefficient (Wildman–Crippen LogP) is 1.72. The van der Waals surface area contributed by atoms with Crippen LogP contribution in [0.5, 0.6) is 0 Å². The molecular weight excluding hydrogens is 124 g/mol. The zero-order chi connectivity index (χ0) is 7.14. The van der Waals surface area contributed by atoms with E-state index in [9.17, 15) is 5.11 Å². The van der Waals surface area contributed by atoms with Crippen LogP contribution in [0.2, 0.25) is 0 Å². The Balaban J connectivity index is 2.06. The zero-order valence-electron chi connectivity index (χ0n) is 6.21. The highest BCUT2D eigenvalue weighted by atomic mass is 16.3. The first-order valence-corrected chi connectivity index (χ1v) is 4.10. The van der Waals surface area contributed by atoms with Crippen LogP contribution in [-0.4, -0.2) is 11.2 Å². The van der Waals surface area contributed by atoms with Crippen molar-refractivity contribution in [2.45, 2.75) is 31.8 Å². The molecule has 0 saturated heterocycles. The Hall–Kier alpha value is -0.300. The summed E-state index contributed by atoms with van der Waals surface area (Å²) in [4.78, 5) is 0. The molecule has 1 heteroatoms. The van der Waals surface area contributed by atoms with Gasteiger partial charge in [-0.2, -0.15) is 0 Å². The lowest BCUT2D eigenvalue weighted by atomic mass is 10.0. The van der Waals surface area contributed by atoms with E-state index in [-0.39, 0.29) is 6.10 Å². The average molecular weight is 138 g/mol. The number of fused-ring (bicyclic) bond motifs is 1. The Kier molecular flexibility index (Phi) is 1.34. The fraction of sp³-hybridized carbons (Fsp3) is 0.778. The molecule has 2 rings (SSSR count). The molecule has 10 heavy (non-hydrogen) atoms. The van der Waals surface area contributed by atoms with E-state index < -0.39 is 0 Å². The van der Waals surface area contributed by atoms with E-state index >= 15 is 0 Å². The third-order valence-corrected chi connectivity index (χ3v) is 2.92. The molecule has 0 radical (unpaired) electrons. The lowest BCUT2D eigenvalue weighted by Crippen LogP contribution is -1.99. The summed E-state index contributed by atoms with van der Waals surface area (Å²) < 4.78 is 0. The topological polar surface area (TPSA) is 20.2 Å². The van der Waals surface area contributed by atoms with Crippen LogP contribution < -0.4 is 0 Å². The van der Waals surface area contributed by atoms with Crippen LogP contribution in [0.4, 0.5) is 0 Å². The van der Waals surface area contributed by atoms with Crippen molar-refractivity contribution in [2.75, 3.05) is 0 Å². The molecule has 2 saturated carbocycles. The van der Waals surface area contributed by atoms with Gasteiger partial charge in [-0.25, -0.2) is 0 Å². The van der Waals surface area contributed by atoms with E-state index in [2.05, 4.69) is 6.58 Å². The van der Waals surface area contributed by atoms with Crippen molar-refractivity contribution >= 4 is 0 Å². The smallest absolute Gasteiger partial charge is 0.0546 e. The lowest BCUT2D eigenvalue weighted by molar-refractivity contribution is 0.174. The molecule has 2 aliphatic carbocycles. The average Bonchev–Trinajstić information content (AvgIpc) is 2.21. The molecule has 2 aliphatic rings. The van der Waals surface area contributed by atoms with Crippen molar-refractivity contribution in [3.63, 3.8) is 0 Å². The number of hydrogen-bond acceptors (Lipinski definition) is 1. The molecule has 56 valence electrons. The number of aliphatic hydroxyl groups is 1. The quantitative estimate of drug-likeness (QED) is 0.505. The van der Waals surface area contributed by atoms with E-state index in [1.807, 2.05) is 0 Å². The fourth-order valence-electron chi connectivity index (χ4n) is 2.50. The van der Waals surface area contributed by atoms with Crippen molar-refractivity contribution in [3.05, 3.63) is 12.2 Å². The Morgan fingerprint density at radius 3 is 2.20 bits per heavy atom. The Labute approximate surface area is 61.8 Å². The summed E-state index contributed by atoms with van der Waals surface area (Å²) in [6.45, 7) is 3.98. The van der Waals surface area contributed by atoms with Gasteiger partial charge in [-0.15, -0.1) is 0 Å². The number of allylic oxidation sites excluding steroid dienone is 1. The third-order valence-electron chi connectivity index (χ3n) is 2.92. The van der Waals surface area contributed by atoms with Crippen molar-refractivity contribution in [1.29, 1.82) is 0 Å². The largest absolute Gasteiger partial charge is 0.393 e. The van der Waals surface area contributed by atoms with Gasteiger partial charge in [0.1, 0.15) is 0 Å². The van der Waals surface area contributed by atoms with Gasteiger partial charge in [0.25, 0.3) is 0 Å². The third kappa shape index (κ3) is 0.891. The van der Waals surface area contributed by atoms with Crippen LogP contribution >= 0.6 is 0 Å². The van der Waals surface area contributed by atoms with E-state index in [0.29, 0.717) is 0 Å². The first-order valence-electron chi connectivity index (χ1n) is 4.10. The summed E-state index contributed by atoms with van der Waals surface area (Å²) >= 11 is 0. The summed E-state index contributed by atoms with van der Waals surface area (Å²) in [7, 11) is 0. The highest BCUT2D eigenvalue weighted by molar-refractivity contribution is 5.08. The van der Waals surface area contributed by atoms with Gasteiger partial charge in [0.15, 0.2) is 0 Å². The maximum absolute atomic E-state index is 9.29. The molecule has 2 fully saturated rings. The maximum atomic E-state index is 9.29. The molecular formula is C9H14O. The molecule has 0 amide bonds. The minimum atomic E-state index is 0.00287. The summed E-state index contributed by atoms with van der Waals surface area (Å²) in [6, 6.07) is 0. The van der Waals surface area contributed by atoms with Crippen molar-refractivity contribution in [3.8, 4) is 0 Å². The Morgan fingerprint density at radius 1 is 1.20 bits per heavy atom. The zero-order valence-corrected chi connectivity index (χ0v) is 6.21. The van der Waals surface area contributed by atoms with Crippen LogP contribution in [-0.2, 0) is 0 Å². The summed E-state index contributed by atoms with van der Waals surface area (Å²) in [5.74, 6) is 1.56.